The summed E-state index contributed by atoms with van der Waals surface area (Å²) < 4.78 is 15.6. The third-order valence-corrected chi connectivity index (χ3v) is 9.45. The second-order valence-electron chi connectivity index (χ2n) is 11.6. The maximum Gasteiger partial charge on any atom is 0.236 e. The Morgan fingerprint density at radius 3 is 2.51 bits per heavy atom. The van der Waals surface area contributed by atoms with E-state index in [0.29, 0.717) is 40.9 Å². The number of anilines is 3. The van der Waals surface area contributed by atoms with E-state index in [2.05, 4.69) is 33.5 Å². The number of β-amino-alcohol motifs (C(OH)–C–C–N with tert-alkyl or cyclic N) is 1. The molecule has 1 N–H and O–H groups in total. The SMILES string of the molecule is Cc1cc(N2CCN(CC(=O)N3CC(O)C3)CC2)nc2c(N(C)c3nc(-c4ccc(F)cc4)c(C#N)s3)n(C3CC3)nc12. The topological polar surface area (TPSA) is 118 Å². The lowest BCUT2D eigenvalue weighted by Crippen LogP contribution is -2.57. The molecular formula is C30H32FN9O2S. The van der Waals surface area contributed by atoms with E-state index in [4.69, 9.17) is 15.1 Å². The van der Waals surface area contributed by atoms with Crippen LogP contribution in [0.15, 0.2) is 30.3 Å². The van der Waals surface area contributed by atoms with E-state index in [1.807, 2.05) is 11.9 Å². The molecule has 2 aliphatic heterocycles. The van der Waals surface area contributed by atoms with Crippen LogP contribution in [-0.4, -0.2) is 99.5 Å². The van der Waals surface area contributed by atoms with Crippen molar-refractivity contribution < 1.29 is 14.3 Å². The number of aliphatic hydroxyl groups is 1. The summed E-state index contributed by atoms with van der Waals surface area (Å²) in [5, 5.41) is 25.0. The summed E-state index contributed by atoms with van der Waals surface area (Å²) in [6.07, 6.45) is 1.69. The van der Waals surface area contributed by atoms with E-state index < -0.39 is 0 Å². The molecule has 13 heteroatoms. The van der Waals surface area contributed by atoms with Gasteiger partial charge in [-0.15, -0.1) is 0 Å². The normalized spacial score (nSPS) is 17.7. The molecule has 4 aromatic rings. The number of carbonyl (C=O) groups excluding carboxylic acids is 1. The lowest BCUT2D eigenvalue weighted by Gasteiger charge is -2.39. The van der Waals surface area contributed by atoms with Gasteiger partial charge in [0, 0.05) is 51.9 Å². The van der Waals surface area contributed by atoms with Crippen LogP contribution in [0.1, 0.15) is 29.3 Å². The molecule has 1 saturated carbocycles. The van der Waals surface area contributed by atoms with Crippen molar-refractivity contribution in [2.45, 2.75) is 31.9 Å². The molecule has 222 valence electrons. The zero-order chi connectivity index (χ0) is 29.8. The minimum absolute atomic E-state index is 0.0682. The van der Waals surface area contributed by atoms with Gasteiger partial charge in [0.2, 0.25) is 5.91 Å². The quantitative estimate of drug-likeness (QED) is 0.341. The van der Waals surface area contributed by atoms with Gasteiger partial charge in [0.05, 0.1) is 18.7 Å². The van der Waals surface area contributed by atoms with Crippen molar-refractivity contribution in [1.29, 1.82) is 5.26 Å². The van der Waals surface area contributed by atoms with E-state index in [-0.39, 0.29) is 23.9 Å². The molecule has 0 bridgehead atoms. The fraction of sp³-hybridized carbons (Fsp3) is 0.433. The molecule has 11 nitrogen and oxygen atoms in total. The van der Waals surface area contributed by atoms with Gasteiger partial charge in [0.1, 0.15) is 39.3 Å². The summed E-state index contributed by atoms with van der Waals surface area (Å²) in [4.78, 5) is 31.0. The first-order valence-corrected chi connectivity index (χ1v) is 15.3. The predicted molar refractivity (Wildman–Crippen MR) is 162 cm³/mol. The number of aryl methyl sites for hydroxylation is 1. The van der Waals surface area contributed by atoms with Gasteiger partial charge in [-0.1, -0.05) is 11.3 Å². The monoisotopic (exact) mass is 601 g/mol. The number of likely N-dealkylation sites (tertiary alicyclic amines) is 1. The first kappa shape index (κ1) is 27.7. The summed E-state index contributed by atoms with van der Waals surface area (Å²) in [5.41, 5.74) is 3.88. The van der Waals surface area contributed by atoms with Gasteiger partial charge in [0.15, 0.2) is 10.9 Å². The van der Waals surface area contributed by atoms with E-state index in [1.165, 1.54) is 23.5 Å². The van der Waals surface area contributed by atoms with Crippen LogP contribution >= 0.6 is 11.3 Å². The van der Waals surface area contributed by atoms with Crippen molar-refractivity contribution in [3.63, 3.8) is 0 Å². The Morgan fingerprint density at radius 1 is 1.14 bits per heavy atom. The van der Waals surface area contributed by atoms with Gasteiger partial charge in [-0.2, -0.15) is 10.4 Å². The number of nitriles is 1. The Kier molecular flexibility index (Phi) is 6.99. The van der Waals surface area contributed by atoms with Crippen LogP contribution in [0.3, 0.4) is 0 Å². The Morgan fingerprint density at radius 2 is 1.86 bits per heavy atom. The maximum absolute atomic E-state index is 13.6. The molecule has 1 aliphatic carbocycles. The number of amides is 1. The van der Waals surface area contributed by atoms with Gasteiger partial charge in [-0.3, -0.25) is 9.69 Å². The molecule has 1 aromatic carbocycles. The molecule has 43 heavy (non-hydrogen) atoms. The number of fused-ring (bicyclic) bond motifs is 1. The van der Waals surface area contributed by atoms with E-state index in [0.717, 1.165) is 67.3 Å². The van der Waals surface area contributed by atoms with Crippen molar-refractivity contribution in [2.75, 3.05) is 62.7 Å². The van der Waals surface area contributed by atoms with Crippen LogP contribution in [-0.2, 0) is 4.79 Å². The van der Waals surface area contributed by atoms with Crippen molar-refractivity contribution in [3.05, 3.63) is 46.6 Å². The van der Waals surface area contributed by atoms with Crippen LogP contribution in [0, 0.1) is 24.1 Å². The minimum atomic E-state index is -0.390. The van der Waals surface area contributed by atoms with Crippen LogP contribution < -0.4 is 9.80 Å². The van der Waals surface area contributed by atoms with Crippen molar-refractivity contribution in [1.82, 2.24) is 29.5 Å². The largest absolute Gasteiger partial charge is 0.389 e. The standard InChI is InChI=1S/C30H32FN9O2S/c1-18-13-24(38-11-9-37(10-12-38)17-25(42)39-15-22(41)16-39)33-28-26(18)35-40(21-7-8-21)29(28)36(2)30-34-27(23(14-32)43-30)19-3-5-20(31)6-4-19/h3-6,13,21-22,41H,7-12,15-17H2,1-2H3. The third kappa shape index (κ3) is 5.20. The number of piperazine rings is 1. The number of aromatic nitrogens is 4. The first-order valence-electron chi connectivity index (χ1n) is 14.5. The summed E-state index contributed by atoms with van der Waals surface area (Å²) in [6, 6.07) is 10.7. The van der Waals surface area contributed by atoms with Gasteiger partial charge in [-0.05, 0) is 55.7 Å². The van der Waals surface area contributed by atoms with Gasteiger partial charge in [-0.25, -0.2) is 19.0 Å². The van der Waals surface area contributed by atoms with Crippen molar-refractivity contribution in [3.8, 4) is 17.3 Å². The fourth-order valence-corrected chi connectivity index (χ4v) is 6.60. The number of rotatable bonds is 7. The number of pyridine rings is 1. The van der Waals surface area contributed by atoms with E-state index >= 15 is 0 Å². The highest BCUT2D eigenvalue weighted by Crippen LogP contribution is 2.44. The molecule has 3 fully saturated rings. The lowest BCUT2D eigenvalue weighted by molar-refractivity contribution is -0.142. The molecule has 0 atom stereocenters. The minimum Gasteiger partial charge on any atom is -0.389 e. The smallest absolute Gasteiger partial charge is 0.236 e. The Balaban J connectivity index is 1.17. The molecule has 0 spiro atoms. The molecule has 2 saturated heterocycles. The molecule has 5 heterocycles. The third-order valence-electron chi connectivity index (χ3n) is 8.41. The number of carbonyl (C=O) groups is 1. The van der Waals surface area contributed by atoms with Gasteiger partial charge < -0.3 is 19.8 Å². The molecule has 1 amide bonds. The van der Waals surface area contributed by atoms with Gasteiger partial charge in [0.25, 0.3) is 0 Å². The molecule has 0 radical (unpaired) electrons. The van der Waals surface area contributed by atoms with Crippen molar-refractivity contribution in [2.24, 2.45) is 0 Å². The zero-order valence-electron chi connectivity index (χ0n) is 24.1. The highest BCUT2D eigenvalue weighted by Gasteiger charge is 2.33. The Labute approximate surface area is 252 Å². The zero-order valence-corrected chi connectivity index (χ0v) is 24.9. The fourth-order valence-electron chi connectivity index (χ4n) is 5.75. The molecule has 0 unspecified atom stereocenters. The number of halogens is 1. The number of hydrogen-bond acceptors (Lipinski definition) is 10. The number of hydrogen-bond donors (Lipinski definition) is 1. The van der Waals surface area contributed by atoms with Crippen LogP contribution in [0.5, 0.6) is 0 Å². The number of nitrogens with zero attached hydrogens (tertiary/aromatic N) is 9. The maximum atomic E-state index is 13.6. The second-order valence-corrected chi connectivity index (χ2v) is 12.5. The molecule has 3 aliphatic rings. The number of thiazole rings is 1. The van der Waals surface area contributed by atoms with Crippen LogP contribution in [0.4, 0.5) is 21.2 Å². The number of aliphatic hydroxyl groups excluding tert-OH is 1. The molecule has 3 aromatic heterocycles. The second kappa shape index (κ2) is 10.9. The summed E-state index contributed by atoms with van der Waals surface area (Å²) >= 11 is 1.29. The molecular weight excluding hydrogens is 569 g/mol. The van der Waals surface area contributed by atoms with Gasteiger partial charge >= 0.3 is 0 Å². The van der Waals surface area contributed by atoms with Crippen molar-refractivity contribution >= 4 is 45.0 Å². The highest BCUT2D eigenvalue weighted by molar-refractivity contribution is 7.16. The van der Waals surface area contributed by atoms with E-state index in [1.54, 1.807) is 17.0 Å². The van der Waals surface area contributed by atoms with Crippen LogP contribution in [0.25, 0.3) is 22.3 Å². The summed E-state index contributed by atoms with van der Waals surface area (Å²) in [7, 11) is 1.93. The Bertz CT molecular complexity index is 1730. The number of benzene rings is 1. The first-order chi connectivity index (χ1) is 20.8. The lowest BCUT2D eigenvalue weighted by atomic mass is 10.1. The average Bonchev–Trinajstić information content (AvgIpc) is 3.62. The molecule has 7 rings (SSSR count). The Hall–Kier alpha value is -4.12. The van der Waals surface area contributed by atoms with Crippen LogP contribution in [0.2, 0.25) is 0 Å². The van der Waals surface area contributed by atoms with E-state index in [9.17, 15) is 19.6 Å². The highest BCUT2D eigenvalue weighted by atomic mass is 32.1. The average molecular weight is 602 g/mol. The predicted octanol–water partition coefficient (Wildman–Crippen LogP) is 3.30. The summed E-state index contributed by atoms with van der Waals surface area (Å²) in [5.74, 6) is 1.44. The summed E-state index contributed by atoms with van der Waals surface area (Å²) in [6.45, 7) is 6.27.